The van der Waals surface area contributed by atoms with Crippen LogP contribution in [0.3, 0.4) is 0 Å². The minimum absolute atomic E-state index is 0.152. The van der Waals surface area contributed by atoms with Gasteiger partial charge in [-0.1, -0.05) is 60.5 Å². The van der Waals surface area contributed by atoms with E-state index in [1.807, 2.05) is 49.6 Å². The summed E-state index contributed by atoms with van der Waals surface area (Å²) < 4.78 is 12.1. The van der Waals surface area contributed by atoms with Crippen LogP contribution in [0, 0.1) is 13.8 Å². The van der Waals surface area contributed by atoms with Gasteiger partial charge in [0.25, 0.3) is 5.91 Å². The first-order chi connectivity index (χ1) is 16.0. The zero-order valence-electron chi connectivity index (χ0n) is 20.4. The lowest BCUT2D eigenvalue weighted by Crippen LogP contribution is -2.22. The third-order valence-corrected chi connectivity index (χ3v) is 6.69. The van der Waals surface area contributed by atoms with Gasteiger partial charge in [0, 0.05) is 21.0 Å². The van der Waals surface area contributed by atoms with Crippen LogP contribution in [-0.2, 0) is 14.9 Å². The normalized spacial score (nSPS) is 11.3. The van der Waals surface area contributed by atoms with Crippen molar-refractivity contribution in [3.05, 3.63) is 68.5 Å². The molecule has 0 atom stereocenters. The smallest absolute Gasteiger partial charge is 0.341 e. The van der Waals surface area contributed by atoms with Crippen molar-refractivity contribution in [2.75, 3.05) is 18.5 Å². The van der Waals surface area contributed by atoms with Crippen molar-refractivity contribution in [2.24, 2.45) is 0 Å². The second-order valence-electron chi connectivity index (χ2n) is 9.12. The third-order valence-electron chi connectivity index (χ3n) is 5.30. The van der Waals surface area contributed by atoms with Gasteiger partial charge in [-0.05, 0) is 55.5 Å². The molecule has 1 aromatic heterocycles. The molecular formula is C27H30BrNO4S. The van der Waals surface area contributed by atoms with Crippen molar-refractivity contribution >= 4 is 44.1 Å². The summed E-state index contributed by atoms with van der Waals surface area (Å²) in [7, 11) is 0. The molecule has 3 rings (SSSR count). The number of aryl methyl sites for hydroxylation is 2. The van der Waals surface area contributed by atoms with E-state index in [1.54, 1.807) is 6.92 Å². The van der Waals surface area contributed by atoms with Gasteiger partial charge in [0.15, 0.2) is 6.61 Å². The highest BCUT2D eigenvalue weighted by Crippen LogP contribution is 2.38. The minimum atomic E-state index is -0.460. The van der Waals surface area contributed by atoms with E-state index in [-0.39, 0.29) is 24.5 Å². The molecule has 3 aromatic rings. The molecule has 34 heavy (non-hydrogen) atoms. The van der Waals surface area contributed by atoms with Crippen LogP contribution in [0.2, 0.25) is 0 Å². The zero-order valence-corrected chi connectivity index (χ0v) is 22.8. The van der Waals surface area contributed by atoms with Gasteiger partial charge in [-0.3, -0.25) is 4.79 Å². The minimum Gasteiger partial charge on any atom is -0.483 e. The van der Waals surface area contributed by atoms with Crippen molar-refractivity contribution < 1.29 is 19.1 Å². The van der Waals surface area contributed by atoms with Gasteiger partial charge in [-0.25, -0.2) is 4.79 Å². The van der Waals surface area contributed by atoms with Crippen molar-refractivity contribution in [1.82, 2.24) is 0 Å². The van der Waals surface area contributed by atoms with Crippen LogP contribution in [0.4, 0.5) is 5.00 Å². The summed E-state index contributed by atoms with van der Waals surface area (Å²) in [5.74, 6) is -0.154. The Balaban J connectivity index is 1.85. The molecule has 0 aliphatic rings. The number of thiophene rings is 1. The summed E-state index contributed by atoms with van der Waals surface area (Å²) in [6, 6.07) is 11.8. The number of amides is 1. The largest absolute Gasteiger partial charge is 0.483 e. The van der Waals surface area contributed by atoms with Gasteiger partial charge in [0.2, 0.25) is 0 Å². The van der Waals surface area contributed by atoms with Gasteiger partial charge in [-0.2, -0.15) is 0 Å². The number of nitrogens with one attached hydrogen (secondary N) is 1. The van der Waals surface area contributed by atoms with Gasteiger partial charge < -0.3 is 14.8 Å². The lowest BCUT2D eigenvalue weighted by Gasteiger charge is -2.23. The monoisotopic (exact) mass is 543 g/mol. The number of anilines is 1. The fourth-order valence-corrected chi connectivity index (χ4v) is 5.02. The van der Waals surface area contributed by atoms with E-state index in [0.717, 1.165) is 32.3 Å². The maximum absolute atomic E-state index is 12.8. The van der Waals surface area contributed by atoms with E-state index in [4.69, 9.17) is 9.47 Å². The summed E-state index contributed by atoms with van der Waals surface area (Å²) in [6.07, 6.45) is 0. The van der Waals surface area contributed by atoms with E-state index >= 15 is 0 Å². The second kappa shape index (κ2) is 10.7. The number of hydrogen-bond acceptors (Lipinski definition) is 5. The van der Waals surface area contributed by atoms with Gasteiger partial charge in [-0.15, -0.1) is 11.3 Å². The van der Waals surface area contributed by atoms with E-state index in [0.29, 0.717) is 16.3 Å². The number of benzene rings is 2. The predicted molar refractivity (Wildman–Crippen MR) is 142 cm³/mol. The first kappa shape index (κ1) is 26.0. The predicted octanol–water partition coefficient (Wildman–Crippen LogP) is 7.29. The number of ether oxygens (including phenoxy) is 2. The number of halogens is 1. The van der Waals surface area contributed by atoms with Crippen molar-refractivity contribution in [1.29, 1.82) is 0 Å². The fourth-order valence-electron chi connectivity index (χ4n) is 3.69. The van der Waals surface area contributed by atoms with E-state index in [1.165, 1.54) is 11.3 Å². The maximum atomic E-state index is 12.8. The highest BCUT2D eigenvalue weighted by molar-refractivity contribution is 9.10. The van der Waals surface area contributed by atoms with Crippen LogP contribution in [0.25, 0.3) is 11.1 Å². The molecule has 0 fully saturated rings. The molecule has 0 radical (unpaired) electrons. The molecule has 1 N–H and O–H groups in total. The summed E-state index contributed by atoms with van der Waals surface area (Å²) >= 11 is 4.80. The first-order valence-corrected chi connectivity index (χ1v) is 12.8. The van der Waals surface area contributed by atoms with Crippen LogP contribution < -0.4 is 10.1 Å². The van der Waals surface area contributed by atoms with E-state index in [9.17, 15) is 9.59 Å². The maximum Gasteiger partial charge on any atom is 0.341 e. The van der Waals surface area contributed by atoms with Crippen LogP contribution in [0.5, 0.6) is 5.75 Å². The number of rotatable bonds is 7. The Bertz CT molecular complexity index is 1210. The highest BCUT2D eigenvalue weighted by Gasteiger charge is 2.24. The van der Waals surface area contributed by atoms with Crippen molar-refractivity contribution in [3.8, 4) is 16.9 Å². The van der Waals surface area contributed by atoms with Crippen LogP contribution in [0.15, 0.2) is 46.3 Å². The lowest BCUT2D eigenvalue weighted by molar-refractivity contribution is -0.118. The molecule has 0 aliphatic heterocycles. The third kappa shape index (κ3) is 6.07. The van der Waals surface area contributed by atoms with Crippen molar-refractivity contribution in [3.63, 3.8) is 0 Å². The summed E-state index contributed by atoms with van der Waals surface area (Å²) in [6.45, 7) is 12.1. The second-order valence-corrected chi connectivity index (χ2v) is 10.9. The SMILES string of the molecule is CCOC(=O)c1c(-c2ccc(C)cc2C)csc1NC(=O)COc1ccc(Br)cc1C(C)(C)C. The molecule has 0 unspecified atom stereocenters. The fraction of sp³-hybridized carbons (Fsp3) is 0.333. The molecule has 2 aromatic carbocycles. The lowest BCUT2D eigenvalue weighted by atomic mass is 9.86. The molecule has 5 nitrogen and oxygen atoms in total. The number of carbonyl (C=O) groups excluding carboxylic acids is 2. The Morgan fingerprint density at radius 1 is 1.06 bits per heavy atom. The molecule has 1 amide bonds. The molecular weight excluding hydrogens is 514 g/mol. The molecule has 0 bridgehead atoms. The van der Waals surface area contributed by atoms with Gasteiger partial charge >= 0.3 is 5.97 Å². The standard InChI is InChI=1S/C27H30BrNO4S/c1-7-32-26(31)24-20(19-10-8-16(2)12-17(19)3)15-34-25(24)29-23(30)14-33-22-11-9-18(28)13-21(22)27(4,5)6/h8-13,15H,7,14H2,1-6H3,(H,29,30). The zero-order chi connectivity index (χ0) is 25.0. The molecule has 0 saturated carbocycles. The van der Waals surface area contributed by atoms with Crippen molar-refractivity contribution in [2.45, 2.75) is 47.0 Å². The van der Waals surface area contributed by atoms with Gasteiger partial charge in [0.05, 0.1) is 6.61 Å². The number of esters is 1. The number of hydrogen-bond donors (Lipinski definition) is 1. The number of carbonyl (C=O) groups is 2. The Morgan fingerprint density at radius 3 is 2.44 bits per heavy atom. The highest BCUT2D eigenvalue weighted by atomic mass is 79.9. The van der Waals surface area contributed by atoms with E-state index in [2.05, 4.69) is 48.1 Å². The molecule has 0 saturated heterocycles. The summed E-state index contributed by atoms with van der Waals surface area (Å²) in [5.41, 5.74) is 5.09. The topological polar surface area (TPSA) is 64.6 Å². The molecule has 0 spiro atoms. The summed E-state index contributed by atoms with van der Waals surface area (Å²) in [5, 5.41) is 5.19. The summed E-state index contributed by atoms with van der Waals surface area (Å²) in [4.78, 5) is 25.7. The van der Waals surface area contributed by atoms with E-state index < -0.39 is 5.97 Å². The van der Waals surface area contributed by atoms with Gasteiger partial charge in [0.1, 0.15) is 16.3 Å². The molecule has 180 valence electrons. The molecule has 0 aliphatic carbocycles. The Morgan fingerprint density at radius 2 is 1.79 bits per heavy atom. The van der Waals surface area contributed by atoms with Crippen LogP contribution in [-0.4, -0.2) is 25.1 Å². The Kier molecular flexibility index (Phi) is 8.21. The average Bonchev–Trinajstić information content (AvgIpc) is 3.15. The van der Waals surface area contributed by atoms with Crippen LogP contribution >= 0.6 is 27.3 Å². The Labute approximate surface area is 213 Å². The quantitative estimate of drug-likeness (QED) is 0.318. The molecule has 1 heterocycles. The first-order valence-electron chi connectivity index (χ1n) is 11.1. The molecule has 7 heteroatoms. The average molecular weight is 545 g/mol. The van der Waals surface area contributed by atoms with Crippen LogP contribution in [0.1, 0.15) is 54.7 Å². The Hall–Kier alpha value is -2.64.